The largest absolute Gasteiger partial charge is 0.486 e. The Hall–Kier alpha value is -0.590. The van der Waals surface area contributed by atoms with Crippen molar-refractivity contribution in [2.24, 2.45) is 0 Å². The zero-order valence-electron chi connectivity index (χ0n) is 9.16. The molecule has 18 heavy (non-hydrogen) atoms. The number of hydrogen-bond acceptors (Lipinski definition) is 3. The van der Waals surface area contributed by atoms with Crippen molar-refractivity contribution in [1.82, 2.24) is 4.98 Å². The summed E-state index contributed by atoms with van der Waals surface area (Å²) < 4.78 is 8.49. The molecule has 0 aliphatic rings. The monoisotopic (exact) mass is 434 g/mol. The number of aromatic nitrogens is 1. The lowest BCUT2D eigenvalue weighted by molar-refractivity contribution is 0.302. The number of benzene rings is 1. The van der Waals surface area contributed by atoms with Crippen LogP contribution in [0.2, 0.25) is 0 Å². The number of pyridine rings is 1. The number of nitrogens with two attached hydrogens (primary N) is 1. The maximum absolute atomic E-state index is 5.75. The summed E-state index contributed by atoms with van der Waals surface area (Å²) in [6.07, 6.45) is 1.70. The second-order valence-electron chi connectivity index (χ2n) is 3.58. The highest BCUT2D eigenvalue weighted by Gasteiger charge is 2.08. The predicted molar refractivity (Wildman–Crippen MR) is 82.5 cm³/mol. The van der Waals surface area contributed by atoms with Gasteiger partial charge in [-0.3, -0.25) is 0 Å². The van der Waals surface area contributed by atoms with Crippen LogP contribution in [0.3, 0.4) is 0 Å². The Kier molecular flexibility index (Phi) is 4.64. The lowest BCUT2D eigenvalue weighted by atomic mass is 10.3. The van der Waals surface area contributed by atoms with E-state index in [4.69, 9.17) is 10.5 Å². The molecule has 0 spiro atoms. The number of nitrogens with zero attached hydrogens (tertiary/aromatic N) is 1. The van der Waals surface area contributed by atoms with E-state index in [0.29, 0.717) is 12.4 Å². The van der Waals surface area contributed by atoms with Crippen molar-refractivity contribution in [2.75, 3.05) is 5.73 Å². The average Bonchev–Trinajstić information content (AvgIpc) is 2.30. The molecule has 0 aliphatic heterocycles. The number of halogens is 3. The second kappa shape index (κ2) is 6.04. The minimum absolute atomic E-state index is 0.437. The zero-order valence-corrected chi connectivity index (χ0v) is 13.9. The van der Waals surface area contributed by atoms with Crippen LogP contribution in [0, 0.1) is 0 Å². The molecule has 0 radical (unpaired) electrons. The fourth-order valence-corrected chi connectivity index (χ4v) is 3.83. The third-order valence-corrected chi connectivity index (χ3v) is 3.83. The van der Waals surface area contributed by atoms with E-state index in [-0.39, 0.29) is 0 Å². The molecule has 6 heteroatoms. The highest BCUT2D eigenvalue weighted by Crippen LogP contribution is 2.36. The second-order valence-corrected chi connectivity index (χ2v) is 6.20. The molecule has 1 aromatic heterocycles. The summed E-state index contributed by atoms with van der Waals surface area (Å²) >= 11 is 10.3. The summed E-state index contributed by atoms with van der Waals surface area (Å²) in [5, 5.41) is 0. The molecule has 2 N–H and O–H groups in total. The van der Waals surface area contributed by atoms with Crippen molar-refractivity contribution in [1.29, 1.82) is 0 Å². The minimum Gasteiger partial charge on any atom is -0.486 e. The number of hydrogen-bond donors (Lipinski definition) is 1. The Morgan fingerprint density at radius 1 is 1.11 bits per heavy atom. The smallest absolute Gasteiger partial charge is 0.148 e. The van der Waals surface area contributed by atoms with Crippen LogP contribution in [0.25, 0.3) is 0 Å². The fraction of sp³-hybridized carbons (Fsp3) is 0.0833. The van der Waals surface area contributed by atoms with Crippen LogP contribution >= 0.6 is 47.8 Å². The van der Waals surface area contributed by atoms with Gasteiger partial charge in [0.2, 0.25) is 0 Å². The predicted octanol–water partition coefficient (Wildman–Crippen LogP) is 4.53. The van der Waals surface area contributed by atoms with E-state index in [1.807, 2.05) is 18.2 Å². The van der Waals surface area contributed by atoms with Crippen LogP contribution in [0.4, 0.5) is 5.82 Å². The van der Waals surface area contributed by atoms with Crippen molar-refractivity contribution in [3.8, 4) is 5.75 Å². The Morgan fingerprint density at radius 2 is 1.78 bits per heavy atom. The highest BCUT2D eigenvalue weighted by atomic mass is 79.9. The van der Waals surface area contributed by atoms with E-state index >= 15 is 0 Å². The van der Waals surface area contributed by atoms with Crippen LogP contribution in [-0.2, 0) is 6.61 Å². The molecular formula is C12H9Br3N2O. The summed E-state index contributed by atoms with van der Waals surface area (Å²) in [4.78, 5) is 4.02. The summed E-state index contributed by atoms with van der Waals surface area (Å²) in [5.41, 5.74) is 6.49. The van der Waals surface area contributed by atoms with Gasteiger partial charge < -0.3 is 10.5 Å². The van der Waals surface area contributed by atoms with Crippen LogP contribution in [0.15, 0.2) is 43.9 Å². The molecule has 0 saturated heterocycles. The third kappa shape index (κ3) is 3.46. The Labute approximate surface area is 130 Å². The van der Waals surface area contributed by atoms with Gasteiger partial charge in [-0.25, -0.2) is 4.98 Å². The van der Waals surface area contributed by atoms with Gasteiger partial charge in [-0.1, -0.05) is 22.0 Å². The molecule has 1 heterocycles. The van der Waals surface area contributed by atoms with Gasteiger partial charge in [0.15, 0.2) is 0 Å². The zero-order chi connectivity index (χ0) is 13.1. The summed E-state index contributed by atoms with van der Waals surface area (Å²) in [6.45, 7) is 0.437. The van der Waals surface area contributed by atoms with Crippen LogP contribution in [0.5, 0.6) is 5.75 Å². The SMILES string of the molecule is Nc1ccc(COc2c(Br)cc(Br)cc2Br)cn1. The Morgan fingerprint density at radius 3 is 2.33 bits per heavy atom. The lowest BCUT2D eigenvalue weighted by Crippen LogP contribution is -1.98. The minimum atomic E-state index is 0.437. The fourth-order valence-electron chi connectivity index (χ4n) is 1.34. The van der Waals surface area contributed by atoms with E-state index < -0.39 is 0 Å². The molecule has 1 aromatic carbocycles. The van der Waals surface area contributed by atoms with Gasteiger partial charge in [0.25, 0.3) is 0 Å². The van der Waals surface area contributed by atoms with Gasteiger partial charge in [0.1, 0.15) is 18.2 Å². The first-order chi connectivity index (χ1) is 8.56. The van der Waals surface area contributed by atoms with Crippen molar-refractivity contribution >= 4 is 53.6 Å². The van der Waals surface area contributed by atoms with Crippen molar-refractivity contribution in [3.05, 3.63) is 49.4 Å². The van der Waals surface area contributed by atoms with E-state index in [1.165, 1.54) is 0 Å². The summed E-state index contributed by atoms with van der Waals surface area (Å²) in [6, 6.07) is 7.51. The first-order valence-electron chi connectivity index (χ1n) is 5.04. The van der Waals surface area contributed by atoms with E-state index in [9.17, 15) is 0 Å². The first kappa shape index (κ1) is 13.8. The maximum Gasteiger partial charge on any atom is 0.148 e. The molecule has 94 valence electrons. The number of anilines is 1. The molecule has 2 rings (SSSR count). The number of ether oxygens (including phenoxy) is 1. The number of nitrogen functional groups attached to an aromatic ring is 1. The Bertz CT molecular complexity index is 535. The molecule has 0 aliphatic carbocycles. The third-order valence-electron chi connectivity index (χ3n) is 2.19. The van der Waals surface area contributed by atoms with E-state index in [0.717, 1.165) is 24.7 Å². The molecule has 0 amide bonds. The van der Waals surface area contributed by atoms with Gasteiger partial charge in [0.05, 0.1) is 8.95 Å². The molecule has 2 aromatic rings. The van der Waals surface area contributed by atoms with E-state index in [1.54, 1.807) is 12.3 Å². The van der Waals surface area contributed by atoms with Gasteiger partial charge >= 0.3 is 0 Å². The van der Waals surface area contributed by atoms with Gasteiger partial charge in [-0.15, -0.1) is 0 Å². The van der Waals surface area contributed by atoms with Crippen molar-refractivity contribution in [2.45, 2.75) is 6.61 Å². The standard InChI is InChI=1S/C12H9Br3N2O/c13-8-3-9(14)12(10(15)4-8)18-6-7-1-2-11(16)17-5-7/h1-5H,6H2,(H2,16,17). The molecule has 0 unspecified atom stereocenters. The van der Waals surface area contributed by atoms with Crippen molar-refractivity contribution < 1.29 is 4.74 Å². The lowest BCUT2D eigenvalue weighted by Gasteiger charge is -2.10. The average molecular weight is 437 g/mol. The van der Waals surface area contributed by atoms with Crippen LogP contribution < -0.4 is 10.5 Å². The topological polar surface area (TPSA) is 48.1 Å². The first-order valence-corrected chi connectivity index (χ1v) is 7.42. The van der Waals surface area contributed by atoms with Gasteiger partial charge in [0, 0.05) is 16.2 Å². The molecular weight excluding hydrogens is 428 g/mol. The van der Waals surface area contributed by atoms with Crippen molar-refractivity contribution in [3.63, 3.8) is 0 Å². The maximum atomic E-state index is 5.75. The van der Waals surface area contributed by atoms with Crippen LogP contribution in [0.1, 0.15) is 5.56 Å². The Balaban J connectivity index is 2.13. The molecule has 0 atom stereocenters. The molecule has 0 saturated carbocycles. The summed E-state index contributed by atoms with van der Waals surface area (Å²) in [5.74, 6) is 1.26. The highest BCUT2D eigenvalue weighted by molar-refractivity contribution is 9.11. The van der Waals surface area contributed by atoms with Gasteiger partial charge in [-0.2, -0.15) is 0 Å². The van der Waals surface area contributed by atoms with Gasteiger partial charge in [-0.05, 0) is 50.1 Å². The quantitative estimate of drug-likeness (QED) is 0.769. The van der Waals surface area contributed by atoms with E-state index in [2.05, 4.69) is 52.8 Å². The molecule has 0 bridgehead atoms. The summed E-state index contributed by atoms with van der Waals surface area (Å²) in [7, 11) is 0. The normalized spacial score (nSPS) is 10.4. The number of rotatable bonds is 3. The molecule has 0 fully saturated rings. The molecule has 3 nitrogen and oxygen atoms in total. The van der Waals surface area contributed by atoms with Crippen LogP contribution in [-0.4, -0.2) is 4.98 Å².